The molecule has 0 spiro atoms. The minimum Gasteiger partial charge on any atom is -0.497 e. The molecule has 33 heavy (non-hydrogen) atoms. The van der Waals surface area contributed by atoms with Gasteiger partial charge in [0.2, 0.25) is 0 Å². The highest BCUT2D eigenvalue weighted by atomic mass is 16.5. The zero-order valence-corrected chi connectivity index (χ0v) is 18.8. The smallest absolute Gasteiger partial charge is 0.173 e. The van der Waals surface area contributed by atoms with Crippen LogP contribution >= 0.6 is 0 Å². The van der Waals surface area contributed by atoms with Crippen molar-refractivity contribution in [1.82, 2.24) is 25.1 Å². The van der Waals surface area contributed by atoms with Crippen LogP contribution < -0.4 is 9.64 Å². The molecule has 3 aromatic carbocycles. The summed E-state index contributed by atoms with van der Waals surface area (Å²) in [6.07, 6.45) is 0. The summed E-state index contributed by atoms with van der Waals surface area (Å²) in [7, 11) is 1.69. The molecule has 7 nitrogen and oxygen atoms in total. The van der Waals surface area contributed by atoms with E-state index in [1.807, 2.05) is 35.0 Å². The van der Waals surface area contributed by atoms with Gasteiger partial charge in [0.05, 0.1) is 19.7 Å². The fourth-order valence-electron chi connectivity index (χ4n) is 4.46. The van der Waals surface area contributed by atoms with Gasteiger partial charge in [-0.2, -0.15) is 0 Å². The lowest BCUT2D eigenvalue weighted by Gasteiger charge is -2.40. The van der Waals surface area contributed by atoms with E-state index in [0.29, 0.717) is 6.54 Å². The third-order valence-electron chi connectivity index (χ3n) is 6.21. The van der Waals surface area contributed by atoms with Crippen molar-refractivity contribution in [3.63, 3.8) is 0 Å². The lowest BCUT2D eigenvalue weighted by atomic mass is 10.0. The summed E-state index contributed by atoms with van der Waals surface area (Å²) in [5, 5.41) is 12.9. The summed E-state index contributed by atoms with van der Waals surface area (Å²) in [5.74, 6) is 1.70. The maximum absolute atomic E-state index is 5.39. The molecule has 0 amide bonds. The zero-order valence-electron chi connectivity index (χ0n) is 18.8. The third kappa shape index (κ3) is 4.73. The molecule has 7 heteroatoms. The maximum Gasteiger partial charge on any atom is 0.173 e. The first kappa shape index (κ1) is 21.2. The number of hydrogen-bond acceptors (Lipinski definition) is 6. The number of anilines is 1. The second-order valence-electron chi connectivity index (χ2n) is 8.21. The van der Waals surface area contributed by atoms with Crippen molar-refractivity contribution in [3.8, 4) is 5.75 Å². The molecule has 0 aliphatic carbocycles. The maximum atomic E-state index is 5.39. The fraction of sp³-hybridized carbons (Fsp3) is 0.269. The number of piperazine rings is 1. The molecule has 4 aromatic rings. The van der Waals surface area contributed by atoms with Crippen LogP contribution in [0, 0.1) is 0 Å². The Balaban J connectivity index is 1.43. The van der Waals surface area contributed by atoms with Crippen molar-refractivity contribution < 1.29 is 4.74 Å². The summed E-state index contributed by atoms with van der Waals surface area (Å²) < 4.78 is 7.31. The Bertz CT molecular complexity index is 1140. The van der Waals surface area contributed by atoms with Gasteiger partial charge in [0.25, 0.3) is 0 Å². The molecule has 5 rings (SSSR count). The van der Waals surface area contributed by atoms with Crippen LogP contribution in [0.3, 0.4) is 0 Å². The van der Waals surface area contributed by atoms with Crippen LogP contribution in [0.15, 0.2) is 84.9 Å². The Labute approximate surface area is 194 Å². The van der Waals surface area contributed by atoms with E-state index < -0.39 is 0 Å². The molecule has 1 saturated heterocycles. The normalized spacial score (nSPS) is 15.4. The number of hydrogen-bond donors (Lipinski definition) is 0. The molecule has 1 aliphatic rings. The monoisotopic (exact) mass is 440 g/mol. The molecule has 0 saturated carbocycles. The first-order chi connectivity index (χ1) is 16.3. The summed E-state index contributed by atoms with van der Waals surface area (Å²) in [4.78, 5) is 4.92. The van der Waals surface area contributed by atoms with Crippen LogP contribution in [0.1, 0.15) is 23.0 Å². The van der Waals surface area contributed by atoms with Gasteiger partial charge in [-0.05, 0) is 45.8 Å². The molecular formula is C26H28N6O. The molecular weight excluding hydrogens is 412 g/mol. The van der Waals surface area contributed by atoms with E-state index in [1.165, 1.54) is 11.3 Å². The molecule has 1 aliphatic heterocycles. The highest BCUT2D eigenvalue weighted by molar-refractivity contribution is 5.46. The van der Waals surface area contributed by atoms with Gasteiger partial charge in [-0.25, -0.2) is 4.68 Å². The van der Waals surface area contributed by atoms with Gasteiger partial charge >= 0.3 is 0 Å². The molecule has 0 bridgehead atoms. The Morgan fingerprint density at radius 3 is 2.15 bits per heavy atom. The van der Waals surface area contributed by atoms with Crippen LogP contribution in [0.25, 0.3) is 0 Å². The standard InChI is InChI=1S/C26H28N6O/c1-33-24-14-12-22(13-15-24)25(26-27-28-29-32(26)20-21-8-4-2-5-9-21)31-18-16-30(17-19-31)23-10-6-3-7-11-23/h2-15,25H,16-20H2,1H3/t25-/m0/s1. The minimum atomic E-state index is -0.0347. The van der Waals surface area contributed by atoms with E-state index in [9.17, 15) is 0 Å². The van der Waals surface area contributed by atoms with Gasteiger partial charge in [-0.1, -0.05) is 60.7 Å². The second kappa shape index (κ2) is 9.83. The Hall–Kier alpha value is -3.71. The van der Waals surface area contributed by atoms with E-state index in [0.717, 1.165) is 43.3 Å². The third-order valence-corrected chi connectivity index (χ3v) is 6.21. The van der Waals surface area contributed by atoms with Gasteiger partial charge in [-0.15, -0.1) is 5.10 Å². The van der Waals surface area contributed by atoms with E-state index in [4.69, 9.17) is 4.74 Å². The van der Waals surface area contributed by atoms with Crippen molar-refractivity contribution >= 4 is 5.69 Å². The van der Waals surface area contributed by atoms with E-state index in [2.05, 4.69) is 79.9 Å². The highest BCUT2D eigenvalue weighted by Gasteiger charge is 2.30. The van der Waals surface area contributed by atoms with Crippen molar-refractivity contribution in [2.24, 2.45) is 0 Å². The lowest BCUT2D eigenvalue weighted by molar-refractivity contribution is 0.201. The van der Waals surface area contributed by atoms with Gasteiger partial charge in [0, 0.05) is 31.9 Å². The summed E-state index contributed by atoms with van der Waals surface area (Å²) >= 11 is 0. The van der Waals surface area contributed by atoms with Gasteiger partial charge in [0.1, 0.15) is 5.75 Å². The number of methoxy groups -OCH3 is 1. The number of aromatic nitrogens is 4. The number of ether oxygens (including phenoxy) is 1. The quantitative estimate of drug-likeness (QED) is 0.437. The Kier molecular flexibility index (Phi) is 6.30. The zero-order chi connectivity index (χ0) is 22.5. The average Bonchev–Trinajstić information content (AvgIpc) is 3.33. The van der Waals surface area contributed by atoms with Crippen molar-refractivity contribution in [2.45, 2.75) is 12.6 Å². The molecule has 1 aromatic heterocycles. The summed E-state index contributed by atoms with van der Waals surface area (Å²) in [6.45, 7) is 4.39. The predicted molar refractivity (Wildman–Crippen MR) is 128 cm³/mol. The van der Waals surface area contributed by atoms with Gasteiger partial charge in [-0.3, -0.25) is 4.90 Å². The number of para-hydroxylation sites is 1. The van der Waals surface area contributed by atoms with Gasteiger partial charge in [0.15, 0.2) is 5.82 Å². The first-order valence-corrected chi connectivity index (χ1v) is 11.3. The van der Waals surface area contributed by atoms with Crippen molar-refractivity contribution in [3.05, 3.63) is 102 Å². The fourth-order valence-corrected chi connectivity index (χ4v) is 4.46. The Morgan fingerprint density at radius 2 is 1.48 bits per heavy atom. The SMILES string of the molecule is COc1ccc([C@@H](c2nnnn2Cc2ccccc2)N2CCN(c3ccccc3)CC2)cc1. The largest absolute Gasteiger partial charge is 0.497 e. The minimum absolute atomic E-state index is 0.0347. The molecule has 0 N–H and O–H groups in total. The average molecular weight is 441 g/mol. The number of rotatable bonds is 7. The van der Waals surface area contributed by atoms with Crippen molar-refractivity contribution in [2.75, 3.05) is 38.2 Å². The molecule has 0 unspecified atom stereocenters. The second-order valence-corrected chi connectivity index (χ2v) is 8.21. The molecule has 1 atom stereocenters. The molecule has 1 fully saturated rings. The molecule has 168 valence electrons. The number of nitrogens with zero attached hydrogens (tertiary/aromatic N) is 6. The van der Waals surface area contributed by atoms with Crippen molar-refractivity contribution in [1.29, 1.82) is 0 Å². The topological polar surface area (TPSA) is 59.3 Å². The first-order valence-electron chi connectivity index (χ1n) is 11.3. The van der Waals surface area contributed by atoms with E-state index >= 15 is 0 Å². The van der Waals surface area contributed by atoms with E-state index in [1.54, 1.807) is 7.11 Å². The van der Waals surface area contributed by atoms with Gasteiger partial charge < -0.3 is 9.64 Å². The van der Waals surface area contributed by atoms with Crippen LogP contribution in [0.2, 0.25) is 0 Å². The van der Waals surface area contributed by atoms with Crippen LogP contribution in [0.5, 0.6) is 5.75 Å². The Morgan fingerprint density at radius 1 is 0.818 bits per heavy atom. The summed E-state index contributed by atoms with van der Waals surface area (Å²) in [6, 6.07) is 29.2. The summed E-state index contributed by atoms with van der Waals surface area (Å²) in [5.41, 5.74) is 3.61. The number of tetrazole rings is 1. The van der Waals surface area contributed by atoms with Crippen LogP contribution in [0.4, 0.5) is 5.69 Å². The highest BCUT2D eigenvalue weighted by Crippen LogP contribution is 2.30. The lowest BCUT2D eigenvalue weighted by Crippen LogP contribution is -2.48. The number of benzene rings is 3. The van der Waals surface area contributed by atoms with E-state index in [-0.39, 0.29) is 6.04 Å². The molecule has 2 heterocycles. The van der Waals surface area contributed by atoms with Crippen LogP contribution in [-0.2, 0) is 6.54 Å². The van der Waals surface area contributed by atoms with Crippen LogP contribution in [-0.4, -0.2) is 58.4 Å². The molecule has 0 radical (unpaired) electrons. The predicted octanol–water partition coefficient (Wildman–Crippen LogP) is 3.64.